The molecule has 0 aliphatic heterocycles. The first-order valence-electron chi connectivity index (χ1n) is 5.93. The van der Waals surface area contributed by atoms with E-state index in [2.05, 4.69) is 10.6 Å². The molecule has 1 aliphatic rings. The Kier molecular flexibility index (Phi) is 3.87. The second kappa shape index (κ2) is 5.40. The Morgan fingerprint density at radius 2 is 2.00 bits per heavy atom. The summed E-state index contributed by atoms with van der Waals surface area (Å²) in [5, 5.41) is 5.85. The van der Waals surface area contributed by atoms with Crippen LogP contribution in [0.4, 0.5) is 0 Å². The second-order valence-corrected chi connectivity index (χ2v) is 4.87. The van der Waals surface area contributed by atoms with Crippen LogP contribution >= 0.6 is 11.6 Å². The number of carbonyl (C=O) groups is 2. The number of rotatable bonds is 4. The number of nitrogens with one attached hydrogen (secondary N) is 2. The van der Waals surface area contributed by atoms with E-state index in [9.17, 15) is 9.59 Å². The van der Waals surface area contributed by atoms with Gasteiger partial charge in [-0.2, -0.15) is 0 Å². The zero-order valence-electron chi connectivity index (χ0n) is 10.1. The zero-order valence-corrected chi connectivity index (χ0v) is 10.8. The molecule has 1 aromatic carbocycles. The number of carbonyl (C=O) groups excluding carboxylic acids is 2. The summed E-state index contributed by atoms with van der Waals surface area (Å²) in [7, 11) is 0. The molecule has 0 radical (unpaired) electrons. The molecule has 0 saturated heterocycles. The lowest BCUT2D eigenvalue weighted by molar-refractivity contribution is -0.122. The van der Waals surface area contributed by atoms with Crippen molar-refractivity contribution in [3.63, 3.8) is 0 Å². The van der Waals surface area contributed by atoms with Gasteiger partial charge in [-0.25, -0.2) is 0 Å². The van der Waals surface area contributed by atoms with Gasteiger partial charge < -0.3 is 10.6 Å². The average Bonchev–Trinajstić information content (AvgIpc) is 3.13. The quantitative estimate of drug-likeness (QED) is 0.872. The topological polar surface area (TPSA) is 58.2 Å². The van der Waals surface area contributed by atoms with Crippen LogP contribution in [0.15, 0.2) is 24.3 Å². The van der Waals surface area contributed by atoms with Gasteiger partial charge in [0, 0.05) is 6.04 Å². The summed E-state index contributed by atoms with van der Waals surface area (Å²) in [5.41, 5.74) is 0.380. The van der Waals surface area contributed by atoms with E-state index in [1.165, 1.54) is 0 Å². The molecule has 0 aromatic heterocycles. The lowest BCUT2D eigenvalue weighted by atomic mass is 10.2. The molecule has 18 heavy (non-hydrogen) atoms. The lowest BCUT2D eigenvalue weighted by Crippen LogP contribution is -2.45. The van der Waals surface area contributed by atoms with Crippen molar-refractivity contribution in [2.24, 2.45) is 0 Å². The molecule has 0 heterocycles. The smallest absolute Gasteiger partial charge is 0.253 e. The van der Waals surface area contributed by atoms with Crippen LogP contribution in [-0.2, 0) is 4.79 Å². The van der Waals surface area contributed by atoms with E-state index >= 15 is 0 Å². The maximum absolute atomic E-state index is 11.9. The van der Waals surface area contributed by atoms with Crippen molar-refractivity contribution in [1.82, 2.24) is 10.6 Å². The van der Waals surface area contributed by atoms with Gasteiger partial charge in [0.2, 0.25) is 5.91 Å². The highest BCUT2D eigenvalue weighted by molar-refractivity contribution is 6.33. The van der Waals surface area contributed by atoms with Gasteiger partial charge in [-0.1, -0.05) is 23.7 Å². The van der Waals surface area contributed by atoms with Crippen molar-refractivity contribution in [2.45, 2.75) is 31.8 Å². The first-order valence-corrected chi connectivity index (χ1v) is 6.31. The third-order valence-corrected chi connectivity index (χ3v) is 3.11. The maximum atomic E-state index is 11.9. The summed E-state index contributed by atoms with van der Waals surface area (Å²) in [6, 6.07) is 6.48. The highest BCUT2D eigenvalue weighted by Crippen LogP contribution is 2.18. The van der Waals surface area contributed by atoms with Crippen LogP contribution in [0.1, 0.15) is 30.1 Å². The Bertz CT molecular complexity index is 472. The summed E-state index contributed by atoms with van der Waals surface area (Å²) in [5.74, 6) is -0.489. The van der Waals surface area contributed by atoms with Crippen LogP contribution in [0.5, 0.6) is 0 Å². The predicted octanol–water partition coefficient (Wildman–Crippen LogP) is 1.74. The largest absolute Gasteiger partial charge is 0.352 e. The minimum absolute atomic E-state index is 0.155. The van der Waals surface area contributed by atoms with Crippen LogP contribution in [0.2, 0.25) is 5.02 Å². The van der Waals surface area contributed by atoms with Gasteiger partial charge in [0.25, 0.3) is 5.91 Å². The fraction of sp³-hybridized carbons (Fsp3) is 0.385. The van der Waals surface area contributed by atoms with Gasteiger partial charge in [0.05, 0.1) is 10.6 Å². The van der Waals surface area contributed by atoms with Crippen molar-refractivity contribution in [3.05, 3.63) is 34.9 Å². The van der Waals surface area contributed by atoms with Crippen LogP contribution in [0.25, 0.3) is 0 Å². The first kappa shape index (κ1) is 12.9. The minimum atomic E-state index is -0.561. The molecular weight excluding hydrogens is 252 g/mol. The van der Waals surface area contributed by atoms with E-state index < -0.39 is 6.04 Å². The summed E-state index contributed by atoms with van der Waals surface area (Å²) >= 11 is 5.92. The molecule has 96 valence electrons. The monoisotopic (exact) mass is 266 g/mol. The minimum Gasteiger partial charge on any atom is -0.352 e. The molecule has 0 bridgehead atoms. The molecule has 0 unspecified atom stereocenters. The fourth-order valence-corrected chi connectivity index (χ4v) is 1.76. The summed E-state index contributed by atoms with van der Waals surface area (Å²) in [4.78, 5) is 23.6. The molecule has 0 spiro atoms. The number of amides is 2. The number of halogens is 1. The Morgan fingerprint density at radius 1 is 1.33 bits per heavy atom. The van der Waals surface area contributed by atoms with Crippen LogP contribution < -0.4 is 10.6 Å². The number of hydrogen-bond donors (Lipinski definition) is 2. The molecule has 1 saturated carbocycles. The third kappa shape index (κ3) is 3.23. The predicted molar refractivity (Wildman–Crippen MR) is 69.5 cm³/mol. The van der Waals surface area contributed by atoms with Crippen molar-refractivity contribution in [2.75, 3.05) is 0 Å². The Balaban J connectivity index is 1.94. The SMILES string of the molecule is C[C@H](NC(=O)c1ccccc1Cl)C(=O)NC1CC1. The van der Waals surface area contributed by atoms with E-state index in [4.69, 9.17) is 11.6 Å². The Hall–Kier alpha value is -1.55. The van der Waals surface area contributed by atoms with E-state index in [1.54, 1.807) is 31.2 Å². The normalized spacial score (nSPS) is 15.9. The lowest BCUT2D eigenvalue weighted by Gasteiger charge is -2.14. The van der Waals surface area contributed by atoms with Gasteiger partial charge in [-0.15, -0.1) is 0 Å². The van der Waals surface area contributed by atoms with Gasteiger partial charge in [0.1, 0.15) is 6.04 Å². The van der Waals surface area contributed by atoms with Crippen LogP contribution in [0, 0.1) is 0 Å². The molecule has 1 aromatic rings. The average molecular weight is 267 g/mol. The molecule has 5 heteroatoms. The molecule has 2 N–H and O–H groups in total. The molecule has 2 rings (SSSR count). The van der Waals surface area contributed by atoms with Gasteiger partial charge in [-0.3, -0.25) is 9.59 Å². The molecule has 2 amide bonds. The summed E-state index contributed by atoms with van der Waals surface area (Å²) in [6.07, 6.45) is 2.05. The Labute approximate surface area is 111 Å². The summed E-state index contributed by atoms with van der Waals surface area (Å²) < 4.78 is 0. The van der Waals surface area contributed by atoms with Crippen molar-refractivity contribution in [1.29, 1.82) is 0 Å². The van der Waals surface area contributed by atoms with Crippen LogP contribution in [-0.4, -0.2) is 23.9 Å². The molecular formula is C13H15ClN2O2. The van der Waals surface area contributed by atoms with Gasteiger partial charge in [-0.05, 0) is 31.9 Å². The standard InChI is InChI=1S/C13H15ClN2O2/c1-8(12(17)16-9-6-7-9)15-13(18)10-4-2-3-5-11(10)14/h2-5,8-9H,6-7H2,1H3,(H,15,18)(H,16,17)/t8-/m0/s1. The van der Waals surface area contributed by atoms with E-state index in [-0.39, 0.29) is 17.9 Å². The van der Waals surface area contributed by atoms with Crippen LogP contribution in [0.3, 0.4) is 0 Å². The van der Waals surface area contributed by atoms with E-state index in [0.717, 1.165) is 12.8 Å². The van der Waals surface area contributed by atoms with Crippen molar-refractivity contribution in [3.8, 4) is 0 Å². The highest BCUT2D eigenvalue weighted by atomic mass is 35.5. The second-order valence-electron chi connectivity index (χ2n) is 4.46. The molecule has 4 nitrogen and oxygen atoms in total. The molecule has 1 fully saturated rings. The highest BCUT2D eigenvalue weighted by Gasteiger charge is 2.26. The van der Waals surface area contributed by atoms with E-state index in [0.29, 0.717) is 10.6 Å². The molecule has 1 atom stereocenters. The fourth-order valence-electron chi connectivity index (χ4n) is 1.54. The first-order chi connectivity index (χ1) is 8.58. The van der Waals surface area contributed by atoms with Crippen molar-refractivity contribution >= 4 is 23.4 Å². The Morgan fingerprint density at radius 3 is 2.61 bits per heavy atom. The van der Waals surface area contributed by atoms with Gasteiger partial charge >= 0.3 is 0 Å². The number of hydrogen-bond acceptors (Lipinski definition) is 2. The van der Waals surface area contributed by atoms with E-state index in [1.807, 2.05) is 0 Å². The van der Waals surface area contributed by atoms with Crippen molar-refractivity contribution < 1.29 is 9.59 Å². The summed E-state index contributed by atoms with van der Waals surface area (Å²) in [6.45, 7) is 1.66. The zero-order chi connectivity index (χ0) is 13.1. The maximum Gasteiger partial charge on any atom is 0.253 e. The molecule has 1 aliphatic carbocycles. The third-order valence-electron chi connectivity index (χ3n) is 2.78. The number of benzene rings is 1. The van der Waals surface area contributed by atoms with Gasteiger partial charge in [0.15, 0.2) is 0 Å².